The van der Waals surface area contributed by atoms with Gasteiger partial charge < -0.3 is 4.74 Å². The molecule has 0 saturated carbocycles. The minimum Gasteiger partial charge on any atom is -0.477 e. The van der Waals surface area contributed by atoms with Crippen molar-refractivity contribution < 1.29 is 4.74 Å². The molecular formula is C12H17NO. The zero-order chi connectivity index (χ0) is 9.97. The predicted octanol–water partition coefficient (Wildman–Crippen LogP) is 2.61. The largest absolute Gasteiger partial charge is 0.477 e. The van der Waals surface area contributed by atoms with E-state index in [9.17, 15) is 0 Å². The summed E-state index contributed by atoms with van der Waals surface area (Å²) in [5.41, 5.74) is 2.62. The summed E-state index contributed by atoms with van der Waals surface area (Å²) >= 11 is 0. The average molecular weight is 191 g/mol. The smallest absolute Gasteiger partial charge is 0.216 e. The molecule has 2 heteroatoms. The number of nitrogens with zero attached hydrogens (tertiary/aromatic N) is 1. The van der Waals surface area contributed by atoms with Gasteiger partial charge in [-0.1, -0.05) is 13.8 Å². The summed E-state index contributed by atoms with van der Waals surface area (Å²) in [7, 11) is 0. The molecule has 0 atom stereocenters. The second-order valence-corrected chi connectivity index (χ2v) is 4.36. The van der Waals surface area contributed by atoms with Gasteiger partial charge in [-0.05, 0) is 36.8 Å². The van der Waals surface area contributed by atoms with Crippen LogP contribution in [-0.2, 0) is 12.8 Å². The fourth-order valence-electron chi connectivity index (χ4n) is 1.87. The van der Waals surface area contributed by atoms with E-state index in [0.29, 0.717) is 5.92 Å². The molecule has 0 bridgehead atoms. The Labute approximate surface area is 85.3 Å². The van der Waals surface area contributed by atoms with Gasteiger partial charge in [-0.3, -0.25) is 0 Å². The summed E-state index contributed by atoms with van der Waals surface area (Å²) in [4.78, 5) is 4.35. The Hall–Kier alpha value is -1.05. The van der Waals surface area contributed by atoms with Crippen molar-refractivity contribution in [2.75, 3.05) is 6.61 Å². The molecular weight excluding hydrogens is 174 g/mol. The molecule has 0 N–H and O–H groups in total. The predicted molar refractivity (Wildman–Crippen MR) is 56.6 cm³/mol. The maximum Gasteiger partial charge on any atom is 0.216 e. The summed E-state index contributed by atoms with van der Waals surface area (Å²) in [6, 6.07) is 2.25. The van der Waals surface area contributed by atoms with Gasteiger partial charge in [0, 0.05) is 11.8 Å². The summed E-state index contributed by atoms with van der Waals surface area (Å²) in [5.74, 6) is 1.54. The fraction of sp³-hybridized carbons (Fsp3) is 0.583. The van der Waals surface area contributed by atoms with E-state index in [1.807, 2.05) is 6.20 Å². The van der Waals surface area contributed by atoms with Crippen LogP contribution < -0.4 is 4.74 Å². The van der Waals surface area contributed by atoms with E-state index >= 15 is 0 Å². The second-order valence-electron chi connectivity index (χ2n) is 4.36. The lowest BCUT2D eigenvalue weighted by molar-refractivity contribution is 0.276. The van der Waals surface area contributed by atoms with Gasteiger partial charge in [0.15, 0.2) is 0 Å². The Morgan fingerprint density at radius 2 is 2.36 bits per heavy atom. The summed E-state index contributed by atoms with van der Waals surface area (Å²) in [6.45, 7) is 5.29. The lowest BCUT2D eigenvalue weighted by atomic mass is 10.0. The third-order valence-corrected chi connectivity index (χ3v) is 2.46. The van der Waals surface area contributed by atoms with Crippen molar-refractivity contribution in [3.05, 3.63) is 23.4 Å². The highest BCUT2D eigenvalue weighted by atomic mass is 16.5. The molecule has 0 amide bonds. The average Bonchev–Trinajstić information content (AvgIpc) is 2.17. The van der Waals surface area contributed by atoms with Crippen molar-refractivity contribution in [3.63, 3.8) is 0 Å². The Kier molecular flexibility index (Phi) is 2.71. The molecule has 1 aromatic rings. The third kappa shape index (κ3) is 2.06. The zero-order valence-corrected chi connectivity index (χ0v) is 8.92. The molecule has 76 valence electrons. The number of pyridine rings is 1. The van der Waals surface area contributed by atoms with Gasteiger partial charge in [0.2, 0.25) is 5.88 Å². The minimum atomic E-state index is 0.694. The number of fused-ring (bicyclic) bond motifs is 1. The van der Waals surface area contributed by atoms with E-state index in [-0.39, 0.29) is 0 Å². The van der Waals surface area contributed by atoms with Crippen LogP contribution in [0.15, 0.2) is 12.3 Å². The number of hydrogen-bond acceptors (Lipinski definition) is 2. The van der Waals surface area contributed by atoms with E-state index in [4.69, 9.17) is 4.74 Å². The van der Waals surface area contributed by atoms with Crippen LogP contribution in [0.1, 0.15) is 31.4 Å². The van der Waals surface area contributed by atoms with Gasteiger partial charge in [0.05, 0.1) is 6.61 Å². The van der Waals surface area contributed by atoms with Crippen LogP contribution in [-0.4, -0.2) is 11.6 Å². The van der Waals surface area contributed by atoms with E-state index in [1.165, 1.54) is 11.1 Å². The van der Waals surface area contributed by atoms with Crippen molar-refractivity contribution in [1.29, 1.82) is 0 Å². The van der Waals surface area contributed by atoms with Crippen LogP contribution in [0.4, 0.5) is 0 Å². The number of ether oxygens (including phenoxy) is 1. The van der Waals surface area contributed by atoms with E-state index in [0.717, 1.165) is 31.7 Å². The van der Waals surface area contributed by atoms with Gasteiger partial charge in [-0.25, -0.2) is 4.98 Å². The summed E-state index contributed by atoms with van der Waals surface area (Å²) in [5, 5.41) is 0. The molecule has 0 fully saturated rings. The van der Waals surface area contributed by atoms with Crippen LogP contribution >= 0.6 is 0 Å². The third-order valence-electron chi connectivity index (χ3n) is 2.46. The van der Waals surface area contributed by atoms with Gasteiger partial charge in [-0.15, -0.1) is 0 Å². The molecule has 14 heavy (non-hydrogen) atoms. The Morgan fingerprint density at radius 1 is 1.50 bits per heavy atom. The fourth-order valence-corrected chi connectivity index (χ4v) is 1.87. The highest BCUT2D eigenvalue weighted by molar-refractivity contribution is 5.31. The van der Waals surface area contributed by atoms with Gasteiger partial charge in [-0.2, -0.15) is 0 Å². The number of aryl methyl sites for hydroxylation is 1. The van der Waals surface area contributed by atoms with Crippen molar-refractivity contribution >= 4 is 0 Å². The zero-order valence-electron chi connectivity index (χ0n) is 8.92. The van der Waals surface area contributed by atoms with Crippen molar-refractivity contribution in [3.8, 4) is 5.88 Å². The van der Waals surface area contributed by atoms with E-state index < -0.39 is 0 Å². The number of rotatable bonds is 2. The lowest BCUT2D eigenvalue weighted by Gasteiger charge is -2.16. The van der Waals surface area contributed by atoms with Crippen LogP contribution in [0.5, 0.6) is 5.88 Å². The first-order valence-electron chi connectivity index (χ1n) is 5.36. The number of hydrogen-bond donors (Lipinski definition) is 0. The standard InChI is InChI=1S/C12H17NO/c1-9(2)6-10-7-11-4-3-5-14-12(11)13-8-10/h7-9H,3-6H2,1-2H3. The Bertz CT molecular complexity index is 320. The van der Waals surface area contributed by atoms with Crippen molar-refractivity contribution in [2.24, 2.45) is 5.92 Å². The monoisotopic (exact) mass is 191 g/mol. The lowest BCUT2D eigenvalue weighted by Crippen LogP contribution is -2.10. The van der Waals surface area contributed by atoms with Gasteiger partial charge >= 0.3 is 0 Å². The molecule has 1 aliphatic rings. The molecule has 2 nitrogen and oxygen atoms in total. The van der Waals surface area contributed by atoms with Gasteiger partial charge in [0.25, 0.3) is 0 Å². The molecule has 2 rings (SSSR count). The Balaban J connectivity index is 2.20. The summed E-state index contributed by atoms with van der Waals surface area (Å²) < 4.78 is 5.47. The highest BCUT2D eigenvalue weighted by Gasteiger charge is 2.12. The first-order chi connectivity index (χ1) is 6.75. The SMILES string of the molecule is CC(C)Cc1cnc2c(c1)CCCO2. The normalized spacial score (nSPS) is 15.1. The molecule has 0 aliphatic carbocycles. The molecule has 0 saturated heterocycles. The maximum atomic E-state index is 5.47. The molecule has 0 aromatic carbocycles. The quantitative estimate of drug-likeness (QED) is 0.717. The topological polar surface area (TPSA) is 22.1 Å². The minimum absolute atomic E-state index is 0.694. The number of aromatic nitrogens is 1. The van der Waals surface area contributed by atoms with Crippen LogP contribution in [0.2, 0.25) is 0 Å². The summed E-state index contributed by atoms with van der Waals surface area (Å²) in [6.07, 6.45) is 5.30. The van der Waals surface area contributed by atoms with E-state index in [1.54, 1.807) is 0 Å². The maximum absolute atomic E-state index is 5.47. The van der Waals surface area contributed by atoms with Crippen molar-refractivity contribution in [2.45, 2.75) is 33.1 Å². The van der Waals surface area contributed by atoms with Crippen molar-refractivity contribution in [1.82, 2.24) is 4.98 Å². The van der Waals surface area contributed by atoms with Gasteiger partial charge in [0.1, 0.15) is 0 Å². The van der Waals surface area contributed by atoms with Crippen LogP contribution in [0.25, 0.3) is 0 Å². The van der Waals surface area contributed by atoms with E-state index in [2.05, 4.69) is 24.9 Å². The first-order valence-corrected chi connectivity index (χ1v) is 5.36. The highest BCUT2D eigenvalue weighted by Crippen LogP contribution is 2.23. The molecule has 0 radical (unpaired) electrons. The molecule has 0 spiro atoms. The molecule has 0 unspecified atom stereocenters. The van der Waals surface area contributed by atoms with Crippen LogP contribution in [0, 0.1) is 5.92 Å². The molecule has 1 aliphatic heterocycles. The first kappa shape index (κ1) is 9.50. The molecule has 2 heterocycles. The van der Waals surface area contributed by atoms with Crippen LogP contribution in [0.3, 0.4) is 0 Å². The second kappa shape index (κ2) is 3.99. The molecule has 1 aromatic heterocycles. The Morgan fingerprint density at radius 3 is 3.14 bits per heavy atom.